The number of nitrogens with zero attached hydrogens (tertiary/aromatic N) is 3. The van der Waals surface area contributed by atoms with Crippen molar-refractivity contribution in [2.24, 2.45) is 5.92 Å². The quantitative estimate of drug-likeness (QED) is 0.543. The highest BCUT2D eigenvalue weighted by atomic mass is 35.5. The average Bonchev–Trinajstić information content (AvgIpc) is 2.78. The molecular formula is C23H27ClF3N3O3. The number of pyridine rings is 1. The minimum Gasteiger partial charge on any atom is -0.493 e. The molecule has 1 saturated heterocycles. The fourth-order valence-corrected chi connectivity index (χ4v) is 3.71. The van der Waals surface area contributed by atoms with Gasteiger partial charge in [-0.3, -0.25) is 4.79 Å². The maximum absolute atomic E-state index is 13.0. The van der Waals surface area contributed by atoms with Crippen LogP contribution in [0.2, 0.25) is 5.02 Å². The molecule has 1 aliphatic heterocycles. The first-order valence-electron chi connectivity index (χ1n) is 10.7. The van der Waals surface area contributed by atoms with E-state index < -0.39 is 11.7 Å². The van der Waals surface area contributed by atoms with Crippen LogP contribution in [0, 0.1) is 5.92 Å². The Hall–Kier alpha value is -2.68. The lowest BCUT2D eigenvalue weighted by Crippen LogP contribution is -2.49. The molecule has 2 aromatic rings. The zero-order valence-corrected chi connectivity index (χ0v) is 19.5. The van der Waals surface area contributed by atoms with E-state index in [1.165, 1.54) is 13.2 Å². The molecule has 0 atom stereocenters. The lowest BCUT2D eigenvalue weighted by molar-refractivity contribution is -0.137. The van der Waals surface area contributed by atoms with Gasteiger partial charge in [0, 0.05) is 37.9 Å². The molecule has 0 bridgehead atoms. The van der Waals surface area contributed by atoms with Gasteiger partial charge in [0.2, 0.25) is 0 Å². The molecule has 0 N–H and O–H groups in total. The van der Waals surface area contributed by atoms with Crippen LogP contribution in [0.4, 0.5) is 19.0 Å². The standard InChI is InChI=1S/C23H27ClF3N3O3/c1-15(2)6-11-33-21-18(24)12-16(13-19(21)32-3)22(31)30-9-7-29(8-10-30)20-5-4-17(14-28-20)23(25,26)27/h4-5,12-15H,6-11H2,1-3H3. The second-order valence-electron chi connectivity index (χ2n) is 8.20. The smallest absolute Gasteiger partial charge is 0.417 e. The molecule has 0 saturated carbocycles. The molecule has 0 radical (unpaired) electrons. The van der Waals surface area contributed by atoms with E-state index in [4.69, 9.17) is 21.1 Å². The summed E-state index contributed by atoms with van der Waals surface area (Å²) < 4.78 is 49.4. The number of aromatic nitrogens is 1. The van der Waals surface area contributed by atoms with Gasteiger partial charge in [0.05, 0.1) is 24.3 Å². The molecule has 0 unspecified atom stereocenters. The third kappa shape index (κ3) is 6.22. The Bertz CT molecular complexity index is 960. The maximum atomic E-state index is 13.0. The minimum atomic E-state index is -4.42. The summed E-state index contributed by atoms with van der Waals surface area (Å²) in [6, 6.07) is 5.55. The predicted molar refractivity (Wildman–Crippen MR) is 120 cm³/mol. The van der Waals surface area contributed by atoms with Gasteiger partial charge in [-0.05, 0) is 36.6 Å². The number of hydrogen-bond acceptors (Lipinski definition) is 5. The van der Waals surface area contributed by atoms with Crippen molar-refractivity contribution in [3.8, 4) is 11.5 Å². The van der Waals surface area contributed by atoms with Crippen LogP contribution >= 0.6 is 11.6 Å². The van der Waals surface area contributed by atoms with Crippen LogP contribution in [0.25, 0.3) is 0 Å². The number of carbonyl (C=O) groups excluding carboxylic acids is 1. The summed E-state index contributed by atoms with van der Waals surface area (Å²) in [6.07, 6.45) is -2.74. The van der Waals surface area contributed by atoms with E-state index in [2.05, 4.69) is 18.8 Å². The van der Waals surface area contributed by atoms with E-state index in [0.717, 1.165) is 18.7 Å². The summed E-state index contributed by atoms with van der Waals surface area (Å²) in [6.45, 7) is 6.37. The van der Waals surface area contributed by atoms with Gasteiger partial charge in [-0.15, -0.1) is 0 Å². The first-order valence-corrected chi connectivity index (χ1v) is 11.1. The van der Waals surface area contributed by atoms with Gasteiger partial charge < -0.3 is 19.3 Å². The summed E-state index contributed by atoms with van der Waals surface area (Å²) in [7, 11) is 1.49. The Morgan fingerprint density at radius 1 is 1.18 bits per heavy atom. The monoisotopic (exact) mass is 485 g/mol. The van der Waals surface area contributed by atoms with Crippen molar-refractivity contribution in [3.63, 3.8) is 0 Å². The van der Waals surface area contributed by atoms with Gasteiger partial charge in [-0.2, -0.15) is 13.2 Å². The summed E-state index contributed by atoms with van der Waals surface area (Å²) >= 11 is 6.39. The first kappa shape index (κ1) is 25.0. The fraction of sp³-hybridized carbons (Fsp3) is 0.478. The Morgan fingerprint density at radius 2 is 1.88 bits per heavy atom. The summed E-state index contributed by atoms with van der Waals surface area (Å²) in [5.74, 6) is 1.52. The molecule has 180 valence electrons. The lowest BCUT2D eigenvalue weighted by atomic mass is 10.1. The maximum Gasteiger partial charge on any atom is 0.417 e. The van der Waals surface area contributed by atoms with Crippen LogP contribution in [-0.2, 0) is 6.18 Å². The van der Waals surface area contributed by atoms with Crippen LogP contribution in [0.5, 0.6) is 11.5 Å². The zero-order valence-electron chi connectivity index (χ0n) is 18.8. The van der Waals surface area contributed by atoms with Crippen LogP contribution < -0.4 is 14.4 Å². The van der Waals surface area contributed by atoms with Gasteiger partial charge in [-0.25, -0.2) is 4.98 Å². The van der Waals surface area contributed by atoms with Gasteiger partial charge in [0.1, 0.15) is 5.82 Å². The number of halogens is 4. The van der Waals surface area contributed by atoms with Crippen molar-refractivity contribution in [1.29, 1.82) is 0 Å². The molecule has 1 aromatic heterocycles. The molecule has 1 aromatic carbocycles. The van der Waals surface area contributed by atoms with Crippen LogP contribution in [-0.4, -0.2) is 55.7 Å². The number of methoxy groups -OCH3 is 1. The topological polar surface area (TPSA) is 54.9 Å². The van der Waals surface area contributed by atoms with Crippen LogP contribution in [0.3, 0.4) is 0 Å². The van der Waals surface area contributed by atoms with Crippen molar-refractivity contribution in [3.05, 3.63) is 46.6 Å². The Kier molecular flexibility index (Phi) is 7.94. The lowest BCUT2D eigenvalue weighted by Gasteiger charge is -2.35. The van der Waals surface area contributed by atoms with Gasteiger partial charge in [0.15, 0.2) is 11.5 Å². The highest BCUT2D eigenvalue weighted by Gasteiger charge is 2.31. The molecule has 6 nitrogen and oxygen atoms in total. The van der Waals surface area contributed by atoms with Gasteiger partial charge >= 0.3 is 6.18 Å². The van der Waals surface area contributed by atoms with E-state index in [-0.39, 0.29) is 5.91 Å². The van der Waals surface area contributed by atoms with Crippen molar-refractivity contribution in [2.75, 3.05) is 44.8 Å². The number of carbonyl (C=O) groups is 1. The molecule has 0 aliphatic carbocycles. The van der Waals surface area contributed by atoms with Crippen molar-refractivity contribution >= 4 is 23.3 Å². The van der Waals surface area contributed by atoms with E-state index in [1.807, 2.05) is 4.90 Å². The summed E-state index contributed by atoms with van der Waals surface area (Å²) in [5, 5.41) is 0.300. The zero-order chi connectivity index (χ0) is 24.2. The molecule has 3 rings (SSSR count). The molecule has 1 aliphatic rings. The third-order valence-electron chi connectivity index (χ3n) is 5.38. The normalized spacial score (nSPS) is 14.5. The number of alkyl halides is 3. The molecule has 1 fully saturated rings. The number of benzene rings is 1. The largest absolute Gasteiger partial charge is 0.493 e. The second-order valence-corrected chi connectivity index (χ2v) is 8.61. The molecule has 1 amide bonds. The Labute approximate surface area is 196 Å². The van der Waals surface area contributed by atoms with E-state index in [0.29, 0.717) is 66.6 Å². The molecule has 10 heteroatoms. The van der Waals surface area contributed by atoms with Gasteiger partial charge in [-0.1, -0.05) is 25.4 Å². The Balaban J connectivity index is 1.64. The van der Waals surface area contributed by atoms with E-state index in [9.17, 15) is 18.0 Å². The molecule has 2 heterocycles. The molecule has 0 spiro atoms. The number of rotatable bonds is 7. The SMILES string of the molecule is COc1cc(C(=O)N2CCN(c3ccc(C(F)(F)F)cn3)CC2)cc(Cl)c1OCCC(C)C. The third-order valence-corrected chi connectivity index (χ3v) is 5.66. The minimum absolute atomic E-state index is 0.205. The summed E-state index contributed by atoms with van der Waals surface area (Å²) in [4.78, 5) is 20.5. The van der Waals surface area contributed by atoms with E-state index in [1.54, 1.807) is 17.0 Å². The highest BCUT2D eigenvalue weighted by molar-refractivity contribution is 6.32. The van der Waals surface area contributed by atoms with Crippen LogP contribution in [0.1, 0.15) is 36.2 Å². The fourth-order valence-electron chi connectivity index (χ4n) is 3.44. The highest BCUT2D eigenvalue weighted by Crippen LogP contribution is 2.37. The summed E-state index contributed by atoms with van der Waals surface area (Å²) in [5.41, 5.74) is -0.406. The van der Waals surface area contributed by atoms with Crippen molar-refractivity contribution < 1.29 is 27.4 Å². The Morgan fingerprint density at radius 3 is 2.42 bits per heavy atom. The van der Waals surface area contributed by atoms with Crippen LogP contribution in [0.15, 0.2) is 30.5 Å². The predicted octanol–water partition coefficient (Wildman–Crippen LogP) is 5.15. The number of ether oxygens (including phenoxy) is 2. The molecular weight excluding hydrogens is 459 g/mol. The van der Waals surface area contributed by atoms with Crippen molar-refractivity contribution in [2.45, 2.75) is 26.4 Å². The van der Waals surface area contributed by atoms with E-state index >= 15 is 0 Å². The average molecular weight is 486 g/mol. The number of amides is 1. The number of hydrogen-bond donors (Lipinski definition) is 0. The van der Waals surface area contributed by atoms with Gasteiger partial charge in [0.25, 0.3) is 5.91 Å². The number of piperazine rings is 1. The number of anilines is 1. The first-order chi connectivity index (χ1) is 15.6. The molecule has 33 heavy (non-hydrogen) atoms. The second kappa shape index (κ2) is 10.5. The van der Waals surface area contributed by atoms with Crippen molar-refractivity contribution in [1.82, 2.24) is 9.88 Å².